The van der Waals surface area contributed by atoms with Gasteiger partial charge in [0.1, 0.15) is 11.2 Å². The van der Waals surface area contributed by atoms with Crippen molar-refractivity contribution in [3.63, 3.8) is 0 Å². The zero-order chi connectivity index (χ0) is 52.9. The number of furan rings is 1. The van der Waals surface area contributed by atoms with Crippen LogP contribution in [0.2, 0.25) is 0 Å². The Balaban J connectivity index is 1.24. The molecule has 3 aliphatic carbocycles. The highest BCUT2D eigenvalue weighted by Gasteiger charge is 2.53. The Morgan fingerprint density at radius 2 is 1.01 bits per heavy atom. The van der Waals surface area contributed by atoms with Crippen molar-refractivity contribution in [2.75, 3.05) is 9.71 Å². The fourth-order valence-electron chi connectivity index (χ4n) is 14.5. The summed E-state index contributed by atoms with van der Waals surface area (Å²) >= 11 is 0. The zero-order valence-corrected chi connectivity index (χ0v) is 47.8. The maximum atomic E-state index is 7.92. The second-order valence-electron chi connectivity index (χ2n) is 28.7. The molecule has 4 heteroatoms. The Morgan fingerprint density at radius 1 is 0.453 bits per heavy atom. The lowest BCUT2D eigenvalue weighted by molar-refractivity contribution is 0.332. The van der Waals surface area contributed by atoms with Crippen LogP contribution in [0.1, 0.15) is 181 Å². The quantitative estimate of drug-likeness (QED) is 0.165. The van der Waals surface area contributed by atoms with Crippen molar-refractivity contribution in [2.45, 2.75) is 174 Å². The average Bonchev–Trinajstić information content (AvgIpc) is 4.11. The Hall–Kier alpha value is -6.26. The third-order valence-corrected chi connectivity index (χ3v) is 19.5. The maximum Gasteiger partial charge on any atom is 0.375 e. The third kappa shape index (κ3) is 6.92. The van der Waals surface area contributed by atoms with Crippen LogP contribution < -0.4 is 20.8 Å². The minimum Gasteiger partial charge on any atom is -0.466 e. The first-order chi connectivity index (χ1) is 35.2. The molecule has 0 N–H and O–H groups in total. The van der Waals surface area contributed by atoms with Crippen molar-refractivity contribution >= 4 is 57.4 Å². The van der Waals surface area contributed by atoms with Gasteiger partial charge in [0.2, 0.25) is 0 Å². The van der Waals surface area contributed by atoms with Gasteiger partial charge in [0, 0.05) is 39.0 Å². The lowest BCUT2D eigenvalue weighted by Crippen LogP contribution is -2.61. The van der Waals surface area contributed by atoms with Gasteiger partial charge in [0.15, 0.2) is 0 Å². The predicted octanol–water partition coefficient (Wildman–Crippen LogP) is 18.4. The van der Waals surface area contributed by atoms with Crippen LogP contribution in [-0.2, 0) is 37.9 Å². The Bertz CT molecular complexity index is 3730. The van der Waals surface area contributed by atoms with Crippen molar-refractivity contribution in [2.24, 2.45) is 0 Å². The Morgan fingerprint density at radius 3 is 1.65 bits per heavy atom. The van der Waals surface area contributed by atoms with Gasteiger partial charge in [-0.05, 0) is 185 Å². The summed E-state index contributed by atoms with van der Waals surface area (Å²) in [5.41, 5.74) is 28.0. The van der Waals surface area contributed by atoms with E-state index in [0.29, 0.717) is 0 Å². The van der Waals surface area contributed by atoms with E-state index in [4.69, 9.17) is 4.42 Å². The fourth-order valence-corrected chi connectivity index (χ4v) is 14.5. The highest BCUT2D eigenvalue weighted by Crippen LogP contribution is 2.60. The van der Waals surface area contributed by atoms with Crippen molar-refractivity contribution in [3.8, 4) is 33.4 Å². The van der Waals surface area contributed by atoms with Gasteiger partial charge in [-0.3, -0.25) is 0 Å². The first-order valence-corrected chi connectivity index (χ1v) is 28.2. The van der Waals surface area contributed by atoms with E-state index in [1.165, 1.54) is 118 Å². The molecule has 8 aromatic rings. The minimum atomic E-state index is -0.285. The SMILES string of the molecule is CC(C)(C)c1ccc2c(c1)-c1c3c(cc4c1-c1ccccc1C4(C)C)N(c1ccc(C(C)(C)C)cc1-c1ccccc1)c1c(oc4cc5c(cc14)C(C)(C)CCC5(C)C)B3N2c1ccc2c(c1)C(C)(C)CCC2(C)C. The van der Waals surface area contributed by atoms with E-state index in [9.17, 15) is 0 Å². The molecule has 1 aromatic heterocycles. The fraction of sp³-hybridized carbons (Fsp3) is 0.380. The molecule has 3 heterocycles. The molecule has 0 saturated carbocycles. The molecule has 0 radical (unpaired) electrons. The second-order valence-corrected chi connectivity index (χ2v) is 28.7. The molecule has 2 aliphatic heterocycles. The van der Waals surface area contributed by atoms with Crippen LogP contribution in [0.4, 0.5) is 28.4 Å². The van der Waals surface area contributed by atoms with E-state index in [1.54, 1.807) is 0 Å². The number of nitrogens with zero attached hydrogens (tertiary/aromatic N) is 2. The molecule has 75 heavy (non-hydrogen) atoms. The molecule has 13 rings (SSSR count). The minimum absolute atomic E-state index is 0.00175. The largest absolute Gasteiger partial charge is 0.466 e. The molecule has 0 saturated heterocycles. The van der Waals surface area contributed by atoms with Gasteiger partial charge in [-0.1, -0.05) is 184 Å². The normalized spacial score (nSPS) is 18.9. The molecular weight excluding hydrogens is 908 g/mol. The van der Waals surface area contributed by atoms with Gasteiger partial charge in [-0.25, -0.2) is 0 Å². The van der Waals surface area contributed by atoms with Gasteiger partial charge in [0.25, 0.3) is 0 Å². The van der Waals surface area contributed by atoms with Gasteiger partial charge in [-0.15, -0.1) is 0 Å². The monoisotopic (exact) mass is 985 g/mol. The number of hydrogen-bond donors (Lipinski definition) is 0. The molecular formula is C71H77BN2O. The lowest BCUT2D eigenvalue weighted by atomic mass is 9.45. The number of benzene rings is 7. The van der Waals surface area contributed by atoms with E-state index in [2.05, 4.69) is 248 Å². The number of anilines is 5. The van der Waals surface area contributed by atoms with Crippen molar-refractivity contribution in [1.82, 2.24) is 0 Å². The van der Waals surface area contributed by atoms with E-state index >= 15 is 0 Å². The summed E-state index contributed by atoms with van der Waals surface area (Å²) in [6, 6.07) is 50.4. The summed E-state index contributed by atoms with van der Waals surface area (Å²) in [6.07, 6.45) is 4.60. The van der Waals surface area contributed by atoms with E-state index in [-0.39, 0.29) is 44.8 Å². The summed E-state index contributed by atoms with van der Waals surface area (Å²) in [7, 11) is 0. The molecule has 7 aromatic carbocycles. The first-order valence-electron chi connectivity index (χ1n) is 28.2. The van der Waals surface area contributed by atoms with Crippen LogP contribution >= 0.6 is 0 Å². The van der Waals surface area contributed by atoms with Gasteiger partial charge in [0.05, 0.1) is 11.4 Å². The topological polar surface area (TPSA) is 19.6 Å². The summed E-state index contributed by atoms with van der Waals surface area (Å²) in [5, 5.41) is 1.19. The highest BCUT2D eigenvalue weighted by molar-refractivity contribution is 6.93. The van der Waals surface area contributed by atoms with E-state index in [1.807, 2.05) is 0 Å². The molecule has 0 fully saturated rings. The van der Waals surface area contributed by atoms with Crippen LogP contribution in [-0.4, -0.2) is 6.85 Å². The van der Waals surface area contributed by atoms with Crippen LogP contribution in [0.25, 0.3) is 44.3 Å². The molecule has 0 atom stereocenters. The summed E-state index contributed by atoms with van der Waals surface area (Å²) in [4.78, 5) is 5.41. The average molecular weight is 985 g/mol. The first kappa shape index (κ1) is 48.4. The van der Waals surface area contributed by atoms with Crippen molar-refractivity contribution < 1.29 is 4.42 Å². The lowest BCUT2D eigenvalue weighted by Gasteiger charge is -2.46. The number of hydrogen-bond acceptors (Lipinski definition) is 3. The molecule has 5 aliphatic rings. The van der Waals surface area contributed by atoms with Crippen LogP contribution in [0.15, 0.2) is 132 Å². The zero-order valence-electron chi connectivity index (χ0n) is 47.8. The molecule has 0 spiro atoms. The molecule has 0 bridgehead atoms. The van der Waals surface area contributed by atoms with Crippen LogP contribution in [0, 0.1) is 0 Å². The maximum absolute atomic E-state index is 7.92. The molecule has 0 unspecified atom stereocenters. The van der Waals surface area contributed by atoms with Crippen molar-refractivity contribution in [3.05, 3.63) is 172 Å². The smallest absolute Gasteiger partial charge is 0.375 e. The number of rotatable bonds is 3. The summed E-state index contributed by atoms with van der Waals surface area (Å²) in [6.45, 7) is 38.4. The molecule has 3 nitrogen and oxygen atoms in total. The van der Waals surface area contributed by atoms with Gasteiger partial charge < -0.3 is 14.1 Å². The van der Waals surface area contributed by atoms with E-state index < -0.39 is 0 Å². The molecule has 380 valence electrons. The van der Waals surface area contributed by atoms with E-state index in [0.717, 1.165) is 36.2 Å². The predicted molar refractivity (Wildman–Crippen MR) is 321 cm³/mol. The third-order valence-electron chi connectivity index (χ3n) is 19.5. The van der Waals surface area contributed by atoms with Crippen LogP contribution in [0.5, 0.6) is 0 Å². The summed E-state index contributed by atoms with van der Waals surface area (Å²) in [5.74, 6) is 0. The summed E-state index contributed by atoms with van der Waals surface area (Å²) < 4.78 is 7.92. The Kier molecular flexibility index (Phi) is 9.97. The van der Waals surface area contributed by atoms with Gasteiger partial charge >= 0.3 is 6.85 Å². The Labute approximate surface area is 448 Å². The molecule has 0 amide bonds. The van der Waals surface area contributed by atoms with Crippen molar-refractivity contribution in [1.29, 1.82) is 0 Å². The standard InChI is InChI=1S/C71H77BN2O/c1-65(2,3)43-26-30-56(47(36-43)42-22-18-17-19-23-42)73-58-40-55-60(46-24-20-21-25-50(46)71(55,15)16)61-48-37-44(66(4,5)6)27-31-57(48)74(45-28-29-51-52(38-45)68(9,10)33-32-67(51,7)8)72(62(58)61)64-63(73)49-39-53-54(41-59(49)75-64)70(13,14)35-34-69(53,11)12/h17-31,36-41H,32-35H2,1-16H3. The number of fused-ring (bicyclic) bond motifs is 12. The second kappa shape index (κ2) is 15.5. The van der Waals surface area contributed by atoms with Crippen LogP contribution in [0.3, 0.4) is 0 Å². The highest BCUT2D eigenvalue weighted by atomic mass is 16.3. The van der Waals surface area contributed by atoms with Gasteiger partial charge in [-0.2, -0.15) is 0 Å².